The molecule has 1 aromatic heterocycles. The van der Waals surface area contributed by atoms with Crippen molar-refractivity contribution in [3.05, 3.63) is 17.5 Å². The molecule has 0 aliphatic rings. The first-order valence-corrected chi connectivity index (χ1v) is 6.82. The van der Waals surface area contributed by atoms with E-state index in [1.807, 2.05) is 0 Å². The van der Waals surface area contributed by atoms with Crippen LogP contribution < -0.4 is 11.5 Å². The van der Waals surface area contributed by atoms with Crippen LogP contribution in [0.5, 0.6) is 0 Å². The van der Waals surface area contributed by atoms with Gasteiger partial charge in [-0.25, -0.2) is 8.42 Å². The summed E-state index contributed by atoms with van der Waals surface area (Å²) in [6.45, 7) is 0.502. The SMILES string of the molecule is CN(CCN=C(N)N)S(=O)(=O)c1cccs1.I. The molecule has 17 heavy (non-hydrogen) atoms. The highest BCUT2D eigenvalue weighted by atomic mass is 127. The van der Waals surface area contributed by atoms with Crippen LogP contribution in [0.25, 0.3) is 0 Å². The summed E-state index contributed by atoms with van der Waals surface area (Å²) < 4.78 is 25.3. The van der Waals surface area contributed by atoms with Crippen LogP contribution in [0.1, 0.15) is 0 Å². The van der Waals surface area contributed by atoms with Gasteiger partial charge in [0.1, 0.15) is 4.21 Å². The third-order valence-electron chi connectivity index (χ3n) is 1.87. The summed E-state index contributed by atoms with van der Waals surface area (Å²) in [6, 6.07) is 3.26. The molecule has 98 valence electrons. The second-order valence-corrected chi connectivity index (χ2v) is 6.28. The number of aliphatic imine (C=N–C) groups is 1. The Morgan fingerprint density at radius 2 is 2.18 bits per heavy atom. The predicted molar refractivity (Wildman–Crippen MR) is 80.2 cm³/mol. The highest BCUT2D eigenvalue weighted by Crippen LogP contribution is 2.19. The number of hydrogen-bond donors (Lipinski definition) is 2. The van der Waals surface area contributed by atoms with E-state index in [4.69, 9.17) is 11.5 Å². The lowest BCUT2D eigenvalue weighted by Gasteiger charge is -2.14. The fourth-order valence-corrected chi connectivity index (χ4v) is 3.37. The van der Waals surface area contributed by atoms with E-state index in [0.29, 0.717) is 4.21 Å². The molecule has 0 aliphatic carbocycles. The van der Waals surface area contributed by atoms with E-state index in [9.17, 15) is 8.42 Å². The summed E-state index contributed by atoms with van der Waals surface area (Å²) >= 11 is 1.18. The number of likely N-dealkylation sites (N-methyl/N-ethyl adjacent to an activating group) is 1. The van der Waals surface area contributed by atoms with Crippen LogP contribution in [-0.2, 0) is 10.0 Å². The number of thiophene rings is 1. The predicted octanol–water partition coefficient (Wildman–Crippen LogP) is 0.260. The van der Waals surface area contributed by atoms with Gasteiger partial charge in [0.05, 0.1) is 6.54 Å². The van der Waals surface area contributed by atoms with Crippen molar-refractivity contribution in [2.24, 2.45) is 16.5 Å². The van der Waals surface area contributed by atoms with Gasteiger partial charge in [0.25, 0.3) is 10.0 Å². The lowest BCUT2D eigenvalue weighted by atomic mass is 10.6. The molecule has 4 N–H and O–H groups in total. The van der Waals surface area contributed by atoms with Gasteiger partial charge >= 0.3 is 0 Å². The maximum Gasteiger partial charge on any atom is 0.252 e. The average molecular weight is 390 g/mol. The number of sulfonamides is 1. The topological polar surface area (TPSA) is 102 Å². The molecule has 6 nitrogen and oxygen atoms in total. The van der Waals surface area contributed by atoms with Crippen LogP contribution >= 0.6 is 35.3 Å². The van der Waals surface area contributed by atoms with Gasteiger partial charge in [-0.15, -0.1) is 35.3 Å². The molecule has 0 saturated heterocycles. The monoisotopic (exact) mass is 390 g/mol. The van der Waals surface area contributed by atoms with Crippen molar-refractivity contribution >= 4 is 51.3 Å². The maximum atomic E-state index is 11.9. The molecule has 0 aliphatic heterocycles. The molecule has 0 aromatic carbocycles. The minimum absolute atomic E-state index is 0. The molecule has 0 unspecified atom stereocenters. The lowest BCUT2D eigenvalue weighted by molar-refractivity contribution is 0.478. The van der Waals surface area contributed by atoms with Crippen molar-refractivity contribution in [3.8, 4) is 0 Å². The first-order valence-electron chi connectivity index (χ1n) is 4.50. The van der Waals surface area contributed by atoms with E-state index in [1.165, 1.54) is 22.7 Å². The molecule has 0 bridgehead atoms. The molecular weight excluding hydrogens is 375 g/mol. The summed E-state index contributed by atoms with van der Waals surface area (Å²) in [4.78, 5) is 3.73. The summed E-state index contributed by atoms with van der Waals surface area (Å²) in [7, 11) is -1.90. The number of halogens is 1. The van der Waals surface area contributed by atoms with Gasteiger partial charge in [0, 0.05) is 13.6 Å². The first-order chi connectivity index (χ1) is 7.44. The zero-order valence-corrected chi connectivity index (χ0v) is 13.2. The first kappa shape index (κ1) is 16.6. The van der Waals surface area contributed by atoms with Gasteiger partial charge in [-0.05, 0) is 11.4 Å². The normalized spacial score (nSPS) is 10.9. The van der Waals surface area contributed by atoms with Crippen LogP contribution in [0, 0.1) is 0 Å². The Bertz CT molecular complexity index is 454. The minimum atomic E-state index is -3.39. The Balaban J connectivity index is 0.00000256. The zero-order valence-electron chi connectivity index (χ0n) is 9.24. The molecule has 1 heterocycles. The molecule has 0 spiro atoms. The van der Waals surface area contributed by atoms with Crippen molar-refractivity contribution in [1.29, 1.82) is 0 Å². The van der Waals surface area contributed by atoms with Gasteiger partial charge in [-0.1, -0.05) is 6.07 Å². The number of guanidine groups is 1. The summed E-state index contributed by atoms with van der Waals surface area (Å²) in [6.07, 6.45) is 0. The van der Waals surface area contributed by atoms with Gasteiger partial charge < -0.3 is 11.5 Å². The van der Waals surface area contributed by atoms with Crippen LogP contribution in [0.15, 0.2) is 26.7 Å². The van der Waals surface area contributed by atoms with Crippen LogP contribution in [0.2, 0.25) is 0 Å². The average Bonchev–Trinajstić information content (AvgIpc) is 2.69. The summed E-state index contributed by atoms with van der Waals surface area (Å²) in [5.74, 6) is -0.0399. The molecule has 0 radical (unpaired) electrons. The number of nitrogens with zero attached hydrogens (tertiary/aromatic N) is 2. The number of hydrogen-bond acceptors (Lipinski definition) is 4. The van der Waals surface area contributed by atoms with E-state index in [0.717, 1.165) is 0 Å². The molecule has 1 rings (SSSR count). The quantitative estimate of drug-likeness (QED) is 0.428. The number of rotatable bonds is 5. The smallest absolute Gasteiger partial charge is 0.252 e. The third-order valence-corrected chi connectivity index (χ3v) is 5.10. The molecule has 0 amide bonds. The fourth-order valence-electron chi connectivity index (χ4n) is 1.00. The Hall–Kier alpha value is -0.390. The van der Waals surface area contributed by atoms with Crippen molar-refractivity contribution in [3.63, 3.8) is 0 Å². The second-order valence-electron chi connectivity index (χ2n) is 3.07. The minimum Gasteiger partial charge on any atom is -0.370 e. The van der Waals surface area contributed by atoms with Crippen molar-refractivity contribution in [2.45, 2.75) is 4.21 Å². The van der Waals surface area contributed by atoms with E-state index < -0.39 is 10.0 Å². The Morgan fingerprint density at radius 1 is 1.53 bits per heavy atom. The van der Waals surface area contributed by atoms with Crippen molar-refractivity contribution < 1.29 is 8.42 Å². The molecule has 9 heteroatoms. The lowest BCUT2D eigenvalue weighted by Crippen LogP contribution is -2.30. The van der Waals surface area contributed by atoms with Gasteiger partial charge in [0.15, 0.2) is 5.96 Å². The van der Waals surface area contributed by atoms with Gasteiger partial charge in [-0.2, -0.15) is 4.31 Å². The van der Waals surface area contributed by atoms with E-state index in [2.05, 4.69) is 4.99 Å². The highest BCUT2D eigenvalue weighted by molar-refractivity contribution is 14.0. The summed E-state index contributed by atoms with van der Waals surface area (Å²) in [5, 5.41) is 1.72. The molecule has 0 saturated carbocycles. The van der Waals surface area contributed by atoms with Crippen LogP contribution in [0.3, 0.4) is 0 Å². The van der Waals surface area contributed by atoms with Crippen molar-refractivity contribution in [1.82, 2.24) is 4.31 Å². The molecule has 0 fully saturated rings. The molecule has 0 atom stereocenters. The van der Waals surface area contributed by atoms with Gasteiger partial charge in [0.2, 0.25) is 0 Å². The van der Waals surface area contributed by atoms with E-state index in [1.54, 1.807) is 17.5 Å². The van der Waals surface area contributed by atoms with Gasteiger partial charge in [-0.3, -0.25) is 4.99 Å². The van der Waals surface area contributed by atoms with Crippen LogP contribution in [-0.4, -0.2) is 38.8 Å². The van der Waals surface area contributed by atoms with Crippen molar-refractivity contribution in [2.75, 3.05) is 20.1 Å². The standard InChI is InChI=1S/C8H14N4O2S2.HI/c1-12(5-4-11-8(9)10)16(13,14)7-3-2-6-15-7;/h2-3,6H,4-5H2,1H3,(H4,9,10,11);1H. The van der Waals surface area contributed by atoms with E-state index in [-0.39, 0.29) is 43.0 Å². The number of nitrogens with two attached hydrogens (primary N) is 2. The van der Waals surface area contributed by atoms with E-state index >= 15 is 0 Å². The fraction of sp³-hybridized carbons (Fsp3) is 0.375. The molecular formula is C8H15IN4O2S2. The molecule has 1 aromatic rings. The largest absolute Gasteiger partial charge is 0.370 e. The maximum absolute atomic E-state index is 11.9. The second kappa shape index (κ2) is 7.13. The third kappa shape index (κ3) is 4.77. The van der Waals surface area contributed by atoms with Crippen LogP contribution in [0.4, 0.5) is 0 Å². The zero-order chi connectivity index (χ0) is 12.2. The Labute approximate surface area is 122 Å². The highest BCUT2D eigenvalue weighted by Gasteiger charge is 2.20. The summed E-state index contributed by atoms with van der Waals surface area (Å²) in [5.41, 5.74) is 10.3. The Morgan fingerprint density at radius 3 is 2.65 bits per heavy atom. The Kier molecular flexibility index (Phi) is 6.97.